The van der Waals surface area contributed by atoms with Gasteiger partial charge in [0.2, 0.25) is 0 Å². The van der Waals surface area contributed by atoms with E-state index in [4.69, 9.17) is 0 Å². The van der Waals surface area contributed by atoms with Gasteiger partial charge in [-0.1, -0.05) is 27.7 Å². The van der Waals surface area contributed by atoms with Crippen LogP contribution < -0.4 is 5.32 Å². The van der Waals surface area contributed by atoms with Crippen LogP contribution in [0.25, 0.3) is 0 Å². The van der Waals surface area contributed by atoms with Crippen molar-refractivity contribution in [1.82, 2.24) is 10.3 Å². The lowest BCUT2D eigenvalue weighted by Crippen LogP contribution is -2.34. The third-order valence-electron chi connectivity index (χ3n) is 2.03. The minimum atomic E-state index is -0.0811. The summed E-state index contributed by atoms with van der Waals surface area (Å²) in [7, 11) is 1.80. The highest BCUT2D eigenvalue weighted by Crippen LogP contribution is 2.01. The summed E-state index contributed by atoms with van der Waals surface area (Å²) in [6.07, 6.45) is 4.21. The van der Waals surface area contributed by atoms with E-state index in [0.29, 0.717) is 0 Å². The van der Waals surface area contributed by atoms with Crippen LogP contribution in [-0.2, 0) is 11.2 Å². The third kappa shape index (κ3) is 8.57. The van der Waals surface area contributed by atoms with Gasteiger partial charge in [0.1, 0.15) is 5.78 Å². The van der Waals surface area contributed by atoms with E-state index < -0.39 is 0 Å². The number of Topliss-reactive ketones (excluding diaryl/α,β-unsaturated/α-hetero) is 1. The second-order valence-corrected chi connectivity index (χ2v) is 3.01. The van der Waals surface area contributed by atoms with Gasteiger partial charge in [-0.3, -0.25) is 9.78 Å². The van der Waals surface area contributed by atoms with Crippen molar-refractivity contribution in [3.63, 3.8) is 0 Å². The molecule has 0 aliphatic rings. The maximum atomic E-state index is 11.1. The fourth-order valence-electron chi connectivity index (χ4n) is 1.20. The summed E-state index contributed by atoms with van der Waals surface area (Å²) in [5, 5.41) is 2.98. The number of ketones is 1. The summed E-state index contributed by atoms with van der Waals surface area (Å²) in [5.74, 6) is 0.166. The van der Waals surface area contributed by atoms with Crippen molar-refractivity contribution in [3.05, 3.63) is 30.1 Å². The van der Waals surface area contributed by atoms with Crippen molar-refractivity contribution in [2.75, 3.05) is 7.05 Å². The molecular formula is C14H26N2O. The quantitative estimate of drug-likeness (QED) is 0.877. The molecule has 0 aromatic carbocycles. The maximum absolute atomic E-state index is 11.1. The van der Waals surface area contributed by atoms with Crippen molar-refractivity contribution in [2.45, 2.75) is 47.1 Å². The van der Waals surface area contributed by atoms with Crippen LogP contribution in [-0.4, -0.2) is 23.9 Å². The van der Waals surface area contributed by atoms with Crippen molar-refractivity contribution in [1.29, 1.82) is 0 Å². The second kappa shape index (κ2) is 12.8. The Labute approximate surface area is 106 Å². The number of aromatic nitrogens is 1. The van der Waals surface area contributed by atoms with E-state index in [-0.39, 0.29) is 11.8 Å². The Morgan fingerprint density at radius 3 is 2.06 bits per heavy atom. The van der Waals surface area contributed by atoms with Gasteiger partial charge in [0, 0.05) is 12.4 Å². The molecule has 0 radical (unpaired) electrons. The molecule has 1 rings (SSSR count). The predicted molar refractivity (Wildman–Crippen MR) is 74.2 cm³/mol. The summed E-state index contributed by atoms with van der Waals surface area (Å²) in [4.78, 5) is 15.0. The molecule has 98 valence electrons. The monoisotopic (exact) mass is 238 g/mol. The number of pyridine rings is 1. The second-order valence-electron chi connectivity index (χ2n) is 3.01. The lowest BCUT2D eigenvalue weighted by Gasteiger charge is -2.11. The minimum absolute atomic E-state index is 0.0811. The number of carbonyl (C=O) groups is 1. The Morgan fingerprint density at radius 1 is 1.24 bits per heavy atom. The summed E-state index contributed by atoms with van der Waals surface area (Å²) < 4.78 is 0. The first-order chi connectivity index (χ1) is 8.24. The van der Waals surface area contributed by atoms with Crippen LogP contribution in [0.4, 0.5) is 0 Å². The first-order valence-electron chi connectivity index (χ1n) is 6.30. The first kappa shape index (κ1) is 18.2. The SMILES string of the molecule is CC.CC.CNC(Cc1ccncc1)C(C)=O. The molecule has 1 aromatic heterocycles. The van der Waals surface area contributed by atoms with Crippen LogP contribution in [0.1, 0.15) is 40.2 Å². The summed E-state index contributed by atoms with van der Waals surface area (Å²) in [6, 6.07) is 3.77. The number of nitrogens with zero attached hydrogens (tertiary/aromatic N) is 1. The van der Waals surface area contributed by atoms with Gasteiger partial charge >= 0.3 is 0 Å². The molecule has 0 saturated heterocycles. The largest absolute Gasteiger partial charge is 0.310 e. The van der Waals surface area contributed by atoms with Gasteiger partial charge < -0.3 is 5.32 Å². The van der Waals surface area contributed by atoms with E-state index in [2.05, 4.69) is 10.3 Å². The Kier molecular flexibility index (Phi) is 13.7. The Bertz CT molecular complexity index is 273. The minimum Gasteiger partial charge on any atom is -0.310 e. The maximum Gasteiger partial charge on any atom is 0.147 e. The van der Waals surface area contributed by atoms with E-state index in [1.165, 1.54) is 0 Å². The number of hydrogen-bond acceptors (Lipinski definition) is 3. The highest BCUT2D eigenvalue weighted by molar-refractivity contribution is 5.81. The van der Waals surface area contributed by atoms with Crippen LogP contribution in [0, 0.1) is 0 Å². The standard InChI is InChI=1S/C10H14N2O.2C2H6/c1-8(13)10(11-2)7-9-3-5-12-6-4-9;2*1-2/h3-6,10-11H,7H2,1-2H3;2*1-2H3. The van der Waals surface area contributed by atoms with Gasteiger partial charge in [0.05, 0.1) is 6.04 Å². The van der Waals surface area contributed by atoms with Gasteiger partial charge in [-0.15, -0.1) is 0 Å². The highest BCUT2D eigenvalue weighted by Gasteiger charge is 2.11. The van der Waals surface area contributed by atoms with Crippen molar-refractivity contribution < 1.29 is 4.79 Å². The average molecular weight is 238 g/mol. The lowest BCUT2D eigenvalue weighted by atomic mass is 10.0. The zero-order valence-electron chi connectivity index (χ0n) is 11.9. The van der Waals surface area contributed by atoms with Gasteiger partial charge in [-0.25, -0.2) is 0 Å². The van der Waals surface area contributed by atoms with Crippen molar-refractivity contribution in [3.8, 4) is 0 Å². The molecule has 0 amide bonds. The molecule has 17 heavy (non-hydrogen) atoms. The van der Waals surface area contributed by atoms with E-state index >= 15 is 0 Å². The van der Waals surface area contributed by atoms with Gasteiger partial charge in [0.25, 0.3) is 0 Å². The highest BCUT2D eigenvalue weighted by atomic mass is 16.1. The van der Waals surface area contributed by atoms with Crippen molar-refractivity contribution in [2.24, 2.45) is 0 Å². The molecule has 1 aromatic rings. The molecule has 1 unspecified atom stereocenters. The van der Waals surface area contributed by atoms with E-state index in [1.54, 1.807) is 26.4 Å². The van der Waals surface area contributed by atoms with Gasteiger partial charge in [0.15, 0.2) is 0 Å². The van der Waals surface area contributed by atoms with E-state index in [9.17, 15) is 4.79 Å². The zero-order chi connectivity index (χ0) is 13.7. The zero-order valence-corrected chi connectivity index (χ0v) is 11.9. The number of carbonyl (C=O) groups excluding carboxylic acids is 1. The Hall–Kier alpha value is -1.22. The molecule has 0 fully saturated rings. The fourth-order valence-corrected chi connectivity index (χ4v) is 1.20. The summed E-state index contributed by atoms with van der Waals surface area (Å²) >= 11 is 0. The molecule has 3 nitrogen and oxygen atoms in total. The predicted octanol–water partition coefficient (Wildman–Crippen LogP) is 2.85. The first-order valence-corrected chi connectivity index (χ1v) is 6.30. The lowest BCUT2D eigenvalue weighted by molar-refractivity contribution is -0.118. The average Bonchev–Trinajstić information content (AvgIpc) is 2.41. The molecule has 1 atom stereocenters. The molecular weight excluding hydrogens is 212 g/mol. The molecule has 0 bridgehead atoms. The molecule has 0 spiro atoms. The topological polar surface area (TPSA) is 42.0 Å². The summed E-state index contributed by atoms with van der Waals surface area (Å²) in [6.45, 7) is 9.60. The van der Waals surface area contributed by atoms with Crippen LogP contribution >= 0.6 is 0 Å². The fraction of sp³-hybridized carbons (Fsp3) is 0.571. The molecule has 1 heterocycles. The molecule has 1 N–H and O–H groups in total. The van der Waals surface area contributed by atoms with Crippen molar-refractivity contribution >= 4 is 5.78 Å². The van der Waals surface area contributed by atoms with E-state index in [0.717, 1.165) is 12.0 Å². The smallest absolute Gasteiger partial charge is 0.147 e. The van der Waals surface area contributed by atoms with Gasteiger partial charge in [-0.2, -0.15) is 0 Å². The van der Waals surface area contributed by atoms with Crippen LogP contribution in [0.2, 0.25) is 0 Å². The Morgan fingerprint density at radius 2 is 1.71 bits per heavy atom. The molecule has 3 heteroatoms. The van der Waals surface area contributed by atoms with E-state index in [1.807, 2.05) is 39.8 Å². The van der Waals surface area contributed by atoms with Crippen LogP contribution in [0.3, 0.4) is 0 Å². The number of nitrogens with one attached hydrogen (secondary N) is 1. The Balaban J connectivity index is 0. The van der Waals surface area contributed by atoms with Crippen LogP contribution in [0.15, 0.2) is 24.5 Å². The number of rotatable bonds is 4. The molecule has 0 aliphatic heterocycles. The molecule has 0 aliphatic carbocycles. The third-order valence-corrected chi connectivity index (χ3v) is 2.03. The van der Waals surface area contributed by atoms with Crippen LogP contribution in [0.5, 0.6) is 0 Å². The number of hydrogen-bond donors (Lipinski definition) is 1. The summed E-state index contributed by atoms with van der Waals surface area (Å²) in [5.41, 5.74) is 1.13. The number of likely N-dealkylation sites (N-methyl/N-ethyl adjacent to an activating group) is 1. The van der Waals surface area contributed by atoms with Gasteiger partial charge in [-0.05, 0) is 38.1 Å². The normalized spacial score (nSPS) is 10.2. The molecule has 0 saturated carbocycles.